The first-order valence-electron chi connectivity index (χ1n) is 10.0. The highest BCUT2D eigenvalue weighted by molar-refractivity contribution is 4.60. The number of rotatable bonds is 13. The van der Waals surface area contributed by atoms with Crippen LogP contribution in [-0.2, 0) is 0 Å². The van der Waals surface area contributed by atoms with Crippen LogP contribution in [0.15, 0.2) is 0 Å². The summed E-state index contributed by atoms with van der Waals surface area (Å²) in [4.78, 5) is 0. The lowest BCUT2D eigenvalue weighted by atomic mass is 9.89. The highest BCUT2D eigenvalue weighted by Gasteiger charge is 2.14. The molecule has 0 unspecified atom stereocenters. The van der Waals surface area contributed by atoms with Crippen LogP contribution in [0.5, 0.6) is 0 Å². The zero-order chi connectivity index (χ0) is 18.0. The minimum Gasteiger partial charge on any atom is -0.331 e. The van der Waals surface area contributed by atoms with Gasteiger partial charge in [0.2, 0.25) is 0 Å². The van der Waals surface area contributed by atoms with Crippen molar-refractivity contribution in [3.8, 4) is 0 Å². The van der Waals surface area contributed by atoms with E-state index in [1.165, 1.54) is 81.9 Å². The summed E-state index contributed by atoms with van der Waals surface area (Å²) < 4.78 is 2.32. The maximum atomic E-state index is 2.42. The maximum absolute atomic E-state index is 2.42. The van der Waals surface area contributed by atoms with E-state index in [4.69, 9.17) is 0 Å². The molecule has 0 aromatic heterocycles. The molecule has 0 aromatic rings. The van der Waals surface area contributed by atoms with E-state index in [9.17, 15) is 0 Å². The molecular weight excluding hydrogens is 280 g/mol. The highest BCUT2D eigenvalue weighted by Crippen LogP contribution is 2.22. The molecule has 0 atom stereocenters. The van der Waals surface area contributed by atoms with Gasteiger partial charge in [0.1, 0.15) is 0 Å². The molecule has 0 bridgehead atoms. The van der Waals surface area contributed by atoms with Crippen LogP contribution in [0.1, 0.15) is 78.6 Å². The van der Waals surface area contributed by atoms with Crippen LogP contribution < -0.4 is 0 Å². The summed E-state index contributed by atoms with van der Waals surface area (Å²) in [6.07, 6.45) is 12.6. The predicted octanol–water partition coefficient (Wildman–Crippen LogP) is 5.33. The Morgan fingerprint density at radius 1 is 0.522 bits per heavy atom. The Labute approximate surface area is 148 Å². The summed E-state index contributed by atoms with van der Waals surface area (Å²) in [5.41, 5.74) is 0.515. The summed E-state index contributed by atoms with van der Waals surface area (Å²) in [5, 5.41) is 0. The van der Waals surface area contributed by atoms with Crippen LogP contribution in [0, 0.1) is 5.41 Å². The molecular formula is C21H48N2+2. The van der Waals surface area contributed by atoms with Crippen LogP contribution in [0.2, 0.25) is 0 Å². The lowest BCUT2D eigenvalue weighted by Gasteiger charge is -2.30. The largest absolute Gasteiger partial charge is 0.331 e. The molecule has 0 rings (SSSR count). The zero-order valence-corrected chi connectivity index (χ0v) is 17.9. The van der Waals surface area contributed by atoms with E-state index in [1.54, 1.807) is 0 Å². The van der Waals surface area contributed by atoms with Crippen molar-refractivity contribution in [1.82, 2.24) is 0 Å². The molecule has 0 spiro atoms. The second kappa shape index (κ2) is 10.7. The molecule has 0 aliphatic rings. The molecule has 0 aromatic carbocycles. The fourth-order valence-electron chi connectivity index (χ4n) is 3.14. The van der Waals surface area contributed by atoms with Crippen LogP contribution in [0.25, 0.3) is 0 Å². The van der Waals surface area contributed by atoms with Crippen molar-refractivity contribution < 1.29 is 8.97 Å². The van der Waals surface area contributed by atoms with Crippen molar-refractivity contribution >= 4 is 0 Å². The van der Waals surface area contributed by atoms with Crippen LogP contribution in [-0.4, -0.2) is 63.8 Å². The third-order valence-corrected chi connectivity index (χ3v) is 4.78. The summed E-state index contributed by atoms with van der Waals surface area (Å²) in [7, 11) is 11.7. The molecule has 2 heteroatoms. The maximum Gasteiger partial charge on any atom is 0.0782 e. The summed E-state index contributed by atoms with van der Waals surface area (Å²) >= 11 is 0. The van der Waals surface area contributed by atoms with E-state index < -0.39 is 0 Å². The molecule has 0 amide bonds. The number of hydrogen-bond donors (Lipinski definition) is 0. The van der Waals surface area contributed by atoms with Gasteiger partial charge in [-0.2, -0.15) is 0 Å². The van der Waals surface area contributed by atoms with Gasteiger partial charge in [-0.05, 0) is 50.4 Å². The van der Waals surface area contributed by atoms with Gasteiger partial charge in [-0.3, -0.25) is 0 Å². The second-order valence-electron chi connectivity index (χ2n) is 10.5. The van der Waals surface area contributed by atoms with Crippen LogP contribution in [0.3, 0.4) is 0 Å². The molecule has 23 heavy (non-hydrogen) atoms. The molecule has 0 aliphatic carbocycles. The molecule has 0 aliphatic heterocycles. The topological polar surface area (TPSA) is 0 Å². The third kappa shape index (κ3) is 18.1. The summed E-state index contributed by atoms with van der Waals surface area (Å²) in [6.45, 7) is 11.1. The predicted molar refractivity (Wildman–Crippen MR) is 106 cm³/mol. The molecule has 0 N–H and O–H groups in total. The molecule has 0 fully saturated rings. The van der Waals surface area contributed by atoms with Gasteiger partial charge in [-0.1, -0.05) is 33.6 Å². The summed E-state index contributed by atoms with van der Waals surface area (Å²) in [5.74, 6) is 0. The first-order chi connectivity index (χ1) is 10.4. The average Bonchev–Trinajstić information content (AvgIpc) is 2.35. The molecule has 0 saturated carbocycles. The van der Waals surface area contributed by atoms with E-state index in [1.807, 2.05) is 0 Å². The number of quaternary nitrogens is 2. The average molecular weight is 329 g/mol. The van der Waals surface area contributed by atoms with Crippen molar-refractivity contribution in [3.63, 3.8) is 0 Å². The quantitative estimate of drug-likeness (QED) is 0.317. The van der Waals surface area contributed by atoms with Crippen LogP contribution in [0.4, 0.5) is 0 Å². The van der Waals surface area contributed by atoms with E-state index in [-0.39, 0.29) is 0 Å². The van der Waals surface area contributed by atoms with Gasteiger partial charge in [0.25, 0.3) is 0 Å². The second-order valence-corrected chi connectivity index (χ2v) is 10.5. The normalized spacial score (nSPS) is 13.6. The minimum absolute atomic E-state index is 0.515. The Bertz CT molecular complexity index is 253. The van der Waals surface area contributed by atoms with E-state index >= 15 is 0 Å². The Kier molecular flexibility index (Phi) is 10.7. The Morgan fingerprint density at radius 3 is 1.30 bits per heavy atom. The number of nitrogens with zero attached hydrogens (tertiary/aromatic N) is 2. The fraction of sp³-hybridized carbons (Fsp3) is 1.00. The van der Waals surface area contributed by atoms with Gasteiger partial charge >= 0.3 is 0 Å². The third-order valence-electron chi connectivity index (χ3n) is 4.78. The first-order valence-corrected chi connectivity index (χ1v) is 10.0. The Hall–Kier alpha value is -0.0800. The van der Waals surface area contributed by atoms with Gasteiger partial charge in [0.05, 0.1) is 54.9 Å². The SMILES string of the molecule is CC(C)(C)CCCCCC[N+](C)(C)CCCCCC[N+](C)(C)C. The Morgan fingerprint density at radius 2 is 0.913 bits per heavy atom. The summed E-state index contributed by atoms with van der Waals surface area (Å²) in [6, 6.07) is 0. The molecule has 140 valence electrons. The highest BCUT2D eigenvalue weighted by atomic mass is 15.3. The van der Waals surface area contributed by atoms with Crippen molar-refractivity contribution in [2.75, 3.05) is 54.9 Å². The molecule has 0 saturated heterocycles. The van der Waals surface area contributed by atoms with Crippen molar-refractivity contribution in [3.05, 3.63) is 0 Å². The van der Waals surface area contributed by atoms with Crippen molar-refractivity contribution in [2.24, 2.45) is 5.41 Å². The smallest absolute Gasteiger partial charge is 0.0782 e. The molecule has 0 heterocycles. The lowest BCUT2D eigenvalue weighted by molar-refractivity contribution is -0.890. The van der Waals surface area contributed by atoms with Crippen LogP contribution >= 0.6 is 0 Å². The minimum atomic E-state index is 0.515. The first kappa shape index (κ1) is 22.9. The van der Waals surface area contributed by atoms with Gasteiger partial charge in [0.15, 0.2) is 0 Å². The van der Waals surface area contributed by atoms with Gasteiger partial charge in [-0.15, -0.1) is 0 Å². The monoisotopic (exact) mass is 328 g/mol. The van der Waals surface area contributed by atoms with E-state index in [0.717, 1.165) is 4.48 Å². The van der Waals surface area contributed by atoms with Gasteiger partial charge in [0, 0.05) is 0 Å². The van der Waals surface area contributed by atoms with E-state index in [2.05, 4.69) is 56.0 Å². The standard InChI is InChI=1S/C21H48N2/c1-21(2,3)17-13-9-10-15-19-23(7,8)20-16-12-11-14-18-22(4,5)6/h9-20H2,1-8H3/q+2. The van der Waals surface area contributed by atoms with Crippen molar-refractivity contribution in [1.29, 1.82) is 0 Å². The molecule has 0 radical (unpaired) electrons. The molecule has 2 nitrogen and oxygen atoms in total. The van der Waals surface area contributed by atoms with E-state index in [0.29, 0.717) is 5.41 Å². The zero-order valence-electron chi connectivity index (χ0n) is 17.9. The number of unbranched alkanes of at least 4 members (excludes halogenated alkanes) is 6. The fourth-order valence-corrected chi connectivity index (χ4v) is 3.14. The van der Waals surface area contributed by atoms with Gasteiger partial charge in [-0.25, -0.2) is 0 Å². The van der Waals surface area contributed by atoms with Crippen molar-refractivity contribution in [2.45, 2.75) is 78.6 Å². The Balaban J connectivity index is 3.54. The number of hydrogen-bond acceptors (Lipinski definition) is 0. The van der Waals surface area contributed by atoms with Gasteiger partial charge < -0.3 is 8.97 Å². The lowest BCUT2D eigenvalue weighted by Crippen LogP contribution is -2.41.